The number of Topliss-reactive ketones (excluding diaryl/α,β-unsaturated/α-hetero) is 1. The summed E-state index contributed by atoms with van der Waals surface area (Å²) in [6.07, 6.45) is 1.79. The molecular formula is C13H16ClNO. The quantitative estimate of drug-likeness (QED) is 0.733. The van der Waals surface area contributed by atoms with Crippen LogP contribution in [0.4, 0.5) is 5.69 Å². The molecule has 1 rings (SSSR count). The molecule has 0 fully saturated rings. The lowest BCUT2D eigenvalue weighted by Crippen LogP contribution is -2.29. The third-order valence-corrected chi connectivity index (χ3v) is 2.50. The standard InChI is InChI=1S/C13H16ClNO/c1-4-7-15(9-11(3)16)13-6-5-12(14)8-10(13)2/h4-6,8H,1,7,9H2,2-3H3. The van der Waals surface area contributed by atoms with E-state index in [1.165, 1.54) is 0 Å². The van der Waals surface area contributed by atoms with Crippen molar-refractivity contribution in [1.29, 1.82) is 0 Å². The fourth-order valence-electron chi connectivity index (χ4n) is 1.65. The van der Waals surface area contributed by atoms with Gasteiger partial charge in [-0.25, -0.2) is 0 Å². The first-order valence-electron chi connectivity index (χ1n) is 5.16. The molecule has 0 heterocycles. The predicted octanol–water partition coefficient (Wildman–Crippen LogP) is 3.23. The molecule has 0 unspecified atom stereocenters. The summed E-state index contributed by atoms with van der Waals surface area (Å²) < 4.78 is 0. The highest BCUT2D eigenvalue weighted by atomic mass is 35.5. The van der Waals surface area contributed by atoms with E-state index in [1.54, 1.807) is 13.0 Å². The second-order valence-electron chi connectivity index (χ2n) is 3.80. The van der Waals surface area contributed by atoms with Gasteiger partial charge in [-0.3, -0.25) is 4.79 Å². The molecule has 1 aromatic carbocycles. The predicted molar refractivity (Wildman–Crippen MR) is 69.3 cm³/mol. The Hall–Kier alpha value is -1.28. The Labute approximate surface area is 102 Å². The summed E-state index contributed by atoms with van der Waals surface area (Å²) in [5.74, 6) is 0.135. The Morgan fingerprint density at radius 1 is 1.56 bits per heavy atom. The van der Waals surface area contributed by atoms with Crippen molar-refractivity contribution >= 4 is 23.1 Å². The van der Waals surface area contributed by atoms with Crippen molar-refractivity contribution in [3.05, 3.63) is 41.4 Å². The average molecular weight is 238 g/mol. The second kappa shape index (κ2) is 5.71. The number of benzene rings is 1. The number of carbonyl (C=O) groups is 1. The molecule has 0 aliphatic carbocycles. The monoisotopic (exact) mass is 237 g/mol. The molecule has 16 heavy (non-hydrogen) atoms. The largest absolute Gasteiger partial charge is 0.360 e. The molecule has 86 valence electrons. The minimum Gasteiger partial charge on any atom is -0.360 e. The van der Waals surface area contributed by atoms with Gasteiger partial charge in [0.25, 0.3) is 0 Å². The van der Waals surface area contributed by atoms with Gasteiger partial charge < -0.3 is 4.90 Å². The van der Waals surface area contributed by atoms with Gasteiger partial charge in [-0.05, 0) is 37.6 Å². The summed E-state index contributed by atoms with van der Waals surface area (Å²) in [6.45, 7) is 8.32. The summed E-state index contributed by atoms with van der Waals surface area (Å²) in [4.78, 5) is 13.2. The van der Waals surface area contributed by atoms with E-state index in [4.69, 9.17) is 11.6 Å². The average Bonchev–Trinajstić information content (AvgIpc) is 2.16. The van der Waals surface area contributed by atoms with E-state index in [2.05, 4.69) is 6.58 Å². The molecule has 0 amide bonds. The van der Waals surface area contributed by atoms with Crippen molar-refractivity contribution in [2.75, 3.05) is 18.0 Å². The van der Waals surface area contributed by atoms with Gasteiger partial charge in [0, 0.05) is 17.3 Å². The SMILES string of the molecule is C=CCN(CC(C)=O)c1ccc(Cl)cc1C. The van der Waals surface area contributed by atoms with Crippen molar-refractivity contribution in [2.24, 2.45) is 0 Å². The maximum Gasteiger partial charge on any atom is 0.149 e. The summed E-state index contributed by atoms with van der Waals surface area (Å²) in [7, 11) is 0. The minimum absolute atomic E-state index is 0.135. The molecule has 0 aromatic heterocycles. The fourth-order valence-corrected chi connectivity index (χ4v) is 1.87. The van der Waals surface area contributed by atoms with E-state index in [1.807, 2.05) is 30.0 Å². The van der Waals surface area contributed by atoms with Crippen LogP contribution in [0.3, 0.4) is 0 Å². The van der Waals surface area contributed by atoms with Gasteiger partial charge in [0.2, 0.25) is 0 Å². The molecule has 0 bridgehead atoms. The fraction of sp³-hybridized carbons (Fsp3) is 0.308. The van der Waals surface area contributed by atoms with E-state index in [9.17, 15) is 4.79 Å². The van der Waals surface area contributed by atoms with E-state index in [0.717, 1.165) is 11.3 Å². The molecule has 0 aliphatic rings. The molecule has 0 saturated heterocycles. The lowest BCUT2D eigenvalue weighted by molar-refractivity contribution is -0.115. The van der Waals surface area contributed by atoms with E-state index in [-0.39, 0.29) is 5.78 Å². The highest BCUT2D eigenvalue weighted by Gasteiger charge is 2.09. The van der Waals surface area contributed by atoms with E-state index in [0.29, 0.717) is 18.1 Å². The number of hydrogen-bond acceptors (Lipinski definition) is 2. The zero-order valence-electron chi connectivity index (χ0n) is 9.66. The van der Waals surface area contributed by atoms with Crippen molar-refractivity contribution < 1.29 is 4.79 Å². The van der Waals surface area contributed by atoms with Gasteiger partial charge in [-0.2, -0.15) is 0 Å². The number of carbonyl (C=O) groups excluding carboxylic acids is 1. The Bertz CT molecular complexity index is 401. The first-order chi connectivity index (χ1) is 7.54. The van der Waals surface area contributed by atoms with Crippen LogP contribution in [0.5, 0.6) is 0 Å². The maximum absolute atomic E-state index is 11.2. The number of aryl methyl sites for hydroxylation is 1. The number of hydrogen-bond donors (Lipinski definition) is 0. The van der Waals surface area contributed by atoms with Gasteiger partial charge in [-0.15, -0.1) is 6.58 Å². The smallest absolute Gasteiger partial charge is 0.149 e. The van der Waals surface area contributed by atoms with Crippen molar-refractivity contribution in [3.8, 4) is 0 Å². The molecule has 3 heteroatoms. The van der Waals surface area contributed by atoms with Crippen molar-refractivity contribution in [2.45, 2.75) is 13.8 Å². The van der Waals surface area contributed by atoms with E-state index < -0.39 is 0 Å². The molecular weight excluding hydrogens is 222 g/mol. The zero-order chi connectivity index (χ0) is 12.1. The van der Waals surface area contributed by atoms with Crippen LogP contribution in [0.15, 0.2) is 30.9 Å². The zero-order valence-corrected chi connectivity index (χ0v) is 10.4. The summed E-state index contributed by atoms with van der Waals surface area (Å²) in [6, 6.07) is 5.66. The molecule has 2 nitrogen and oxygen atoms in total. The van der Waals surface area contributed by atoms with Crippen LogP contribution in [-0.4, -0.2) is 18.9 Å². The van der Waals surface area contributed by atoms with Crippen molar-refractivity contribution in [3.63, 3.8) is 0 Å². The van der Waals surface area contributed by atoms with Gasteiger partial charge >= 0.3 is 0 Å². The molecule has 1 aromatic rings. The van der Waals surface area contributed by atoms with Crippen molar-refractivity contribution in [1.82, 2.24) is 0 Å². The van der Waals surface area contributed by atoms with Crippen LogP contribution in [0.1, 0.15) is 12.5 Å². The van der Waals surface area contributed by atoms with Gasteiger partial charge in [0.1, 0.15) is 5.78 Å². The third-order valence-electron chi connectivity index (χ3n) is 2.26. The maximum atomic E-state index is 11.2. The Morgan fingerprint density at radius 2 is 2.25 bits per heavy atom. The Kier molecular flexibility index (Phi) is 4.56. The molecule has 0 atom stereocenters. The molecule has 0 spiro atoms. The second-order valence-corrected chi connectivity index (χ2v) is 4.24. The molecule has 0 aliphatic heterocycles. The van der Waals surface area contributed by atoms with Gasteiger partial charge in [0.05, 0.1) is 6.54 Å². The minimum atomic E-state index is 0.135. The first-order valence-corrected chi connectivity index (χ1v) is 5.54. The third kappa shape index (κ3) is 3.38. The van der Waals surface area contributed by atoms with Crippen LogP contribution in [0, 0.1) is 6.92 Å². The van der Waals surface area contributed by atoms with Crippen LogP contribution < -0.4 is 4.90 Å². The lowest BCUT2D eigenvalue weighted by Gasteiger charge is -2.23. The first kappa shape index (κ1) is 12.8. The van der Waals surface area contributed by atoms with Gasteiger partial charge in [-0.1, -0.05) is 17.7 Å². The molecule has 0 saturated carbocycles. The van der Waals surface area contributed by atoms with E-state index >= 15 is 0 Å². The normalized spacial score (nSPS) is 9.94. The van der Waals surface area contributed by atoms with Crippen LogP contribution >= 0.6 is 11.6 Å². The topological polar surface area (TPSA) is 20.3 Å². The lowest BCUT2D eigenvalue weighted by atomic mass is 10.1. The number of ketones is 1. The summed E-state index contributed by atoms with van der Waals surface area (Å²) >= 11 is 5.90. The van der Waals surface area contributed by atoms with Crippen LogP contribution in [0.2, 0.25) is 5.02 Å². The van der Waals surface area contributed by atoms with Crippen LogP contribution in [0.25, 0.3) is 0 Å². The number of anilines is 1. The number of rotatable bonds is 5. The summed E-state index contributed by atoms with van der Waals surface area (Å²) in [5.41, 5.74) is 2.09. The highest BCUT2D eigenvalue weighted by Crippen LogP contribution is 2.23. The Morgan fingerprint density at radius 3 is 2.75 bits per heavy atom. The Balaban J connectivity index is 3.00. The molecule has 0 radical (unpaired) electrons. The molecule has 0 N–H and O–H groups in total. The van der Waals surface area contributed by atoms with Crippen LogP contribution in [-0.2, 0) is 4.79 Å². The van der Waals surface area contributed by atoms with Gasteiger partial charge in [0.15, 0.2) is 0 Å². The highest BCUT2D eigenvalue weighted by molar-refractivity contribution is 6.30. The number of nitrogens with zero attached hydrogens (tertiary/aromatic N) is 1. The summed E-state index contributed by atoms with van der Waals surface area (Å²) in [5, 5.41) is 0.711. The number of halogens is 1.